The number of esters is 1. The van der Waals surface area contributed by atoms with Crippen molar-refractivity contribution >= 4 is 23.6 Å². The summed E-state index contributed by atoms with van der Waals surface area (Å²) in [4.78, 5) is 24.5. The number of aryl methyl sites for hydroxylation is 2. The lowest BCUT2D eigenvalue weighted by Gasteiger charge is -2.06. The molecule has 0 atom stereocenters. The van der Waals surface area contributed by atoms with E-state index in [1.165, 1.54) is 11.8 Å². The second-order valence-corrected chi connectivity index (χ2v) is 6.19. The van der Waals surface area contributed by atoms with E-state index in [-0.39, 0.29) is 18.3 Å². The fourth-order valence-corrected chi connectivity index (χ4v) is 2.59. The van der Waals surface area contributed by atoms with Gasteiger partial charge in [0.25, 0.3) is 5.91 Å². The Hall–Kier alpha value is -2.21. The van der Waals surface area contributed by atoms with Gasteiger partial charge in [-0.1, -0.05) is 17.7 Å². The standard InChI is InChI=1S/C17H19NO4S/c1-12-3-5-14(6-4-12)23-10-8-18-15(19)11-22-17(20)16-13(2)7-9-21-16/h3-7,9H,8,10-11H2,1-2H3,(H,18,19). The first-order valence-electron chi connectivity index (χ1n) is 7.23. The van der Waals surface area contributed by atoms with Crippen molar-refractivity contribution in [2.24, 2.45) is 0 Å². The van der Waals surface area contributed by atoms with Gasteiger partial charge in [0.2, 0.25) is 5.76 Å². The molecule has 122 valence electrons. The molecule has 1 amide bonds. The van der Waals surface area contributed by atoms with Crippen molar-refractivity contribution < 1.29 is 18.7 Å². The highest BCUT2D eigenvalue weighted by atomic mass is 32.2. The monoisotopic (exact) mass is 333 g/mol. The number of hydrogen-bond acceptors (Lipinski definition) is 5. The van der Waals surface area contributed by atoms with Crippen LogP contribution in [0.1, 0.15) is 21.7 Å². The second-order valence-electron chi connectivity index (χ2n) is 5.02. The highest BCUT2D eigenvalue weighted by molar-refractivity contribution is 7.99. The van der Waals surface area contributed by atoms with Crippen LogP contribution in [0.5, 0.6) is 0 Å². The normalized spacial score (nSPS) is 10.3. The predicted molar refractivity (Wildman–Crippen MR) is 88.6 cm³/mol. The Morgan fingerprint density at radius 3 is 2.57 bits per heavy atom. The molecule has 1 N–H and O–H groups in total. The lowest BCUT2D eigenvalue weighted by atomic mass is 10.2. The van der Waals surface area contributed by atoms with E-state index in [1.807, 2.05) is 6.92 Å². The van der Waals surface area contributed by atoms with Crippen LogP contribution in [-0.2, 0) is 9.53 Å². The molecule has 0 fully saturated rings. The summed E-state index contributed by atoms with van der Waals surface area (Å²) in [6, 6.07) is 9.87. The van der Waals surface area contributed by atoms with Gasteiger partial charge in [0.15, 0.2) is 6.61 Å². The number of furan rings is 1. The fraction of sp³-hybridized carbons (Fsp3) is 0.294. The molecule has 0 bridgehead atoms. The molecule has 1 aromatic heterocycles. The van der Waals surface area contributed by atoms with Gasteiger partial charge < -0.3 is 14.5 Å². The van der Waals surface area contributed by atoms with Gasteiger partial charge in [0.1, 0.15) is 0 Å². The number of benzene rings is 1. The first kappa shape index (κ1) is 17.1. The number of rotatable bonds is 7. The molecular formula is C17H19NO4S. The zero-order valence-electron chi connectivity index (χ0n) is 13.1. The van der Waals surface area contributed by atoms with Gasteiger partial charge in [-0.25, -0.2) is 4.79 Å². The summed E-state index contributed by atoms with van der Waals surface area (Å²) < 4.78 is 9.91. The van der Waals surface area contributed by atoms with E-state index in [9.17, 15) is 9.59 Å². The van der Waals surface area contributed by atoms with E-state index < -0.39 is 5.97 Å². The molecule has 5 nitrogen and oxygen atoms in total. The Bertz CT molecular complexity index is 663. The van der Waals surface area contributed by atoms with Gasteiger partial charge >= 0.3 is 5.97 Å². The Morgan fingerprint density at radius 2 is 1.91 bits per heavy atom. The van der Waals surface area contributed by atoms with Gasteiger partial charge in [-0.2, -0.15) is 0 Å². The zero-order chi connectivity index (χ0) is 16.7. The highest BCUT2D eigenvalue weighted by Crippen LogP contribution is 2.17. The van der Waals surface area contributed by atoms with Gasteiger partial charge in [0.05, 0.1) is 6.26 Å². The van der Waals surface area contributed by atoms with E-state index in [2.05, 4.69) is 29.6 Å². The zero-order valence-corrected chi connectivity index (χ0v) is 13.9. The van der Waals surface area contributed by atoms with Crippen molar-refractivity contribution in [2.75, 3.05) is 18.9 Å². The smallest absolute Gasteiger partial charge is 0.375 e. The third-order valence-electron chi connectivity index (χ3n) is 3.10. The molecule has 2 aromatic rings. The number of carbonyl (C=O) groups excluding carboxylic acids is 2. The molecule has 1 heterocycles. The molecule has 23 heavy (non-hydrogen) atoms. The van der Waals surface area contributed by atoms with Crippen molar-refractivity contribution in [3.05, 3.63) is 53.5 Å². The predicted octanol–water partition coefficient (Wildman–Crippen LogP) is 2.96. The fourth-order valence-electron chi connectivity index (χ4n) is 1.82. The van der Waals surface area contributed by atoms with Crippen LogP contribution in [0.2, 0.25) is 0 Å². The third-order valence-corrected chi connectivity index (χ3v) is 4.11. The largest absolute Gasteiger partial charge is 0.457 e. The highest BCUT2D eigenvalue weighted by Gasteiger charge is 2.15. The van der Waals surface area contributed by atoms with Crippen LogP contribution in [-0.4, -0.2) is 30.8 Å². The van der Waals surface area contributed by atoms with Gasteiger partial charge in [-0.3, -0.25) is 4.79 Å². The molecule has 0 aliphatic rings. The van der Waals surface area contributed by atoms with Crippen LogP contribution in [0.4, 0.5) is 0 Å². The van der Waals surface area contributed by atoms with E-state index in [1.54, 1.807) is 24.8 Å². The SMILES string of the molecule is Cc1ccc(SCCNC(=O)COC(=O)c2occc2C)cc1. The minimum absolute atomic E-state index is 0.132. The molecule has 0 saturated heterocycles. The van der Waals surface area contributed by atoms with Crippen LogP contribution in [0.15, 0.2) is 45.9 Å². The number of hydrogen-bond donors (Lipinski definition) is 1. The Morgan fingerprint density at radius 1 is 1.17 bits per heavy atom. The summed E-state index contributed by atoms with van der Waals surface area (Å²) in [5.41, 5.74) is 1.90. The van der Waals surface area contributed by atoms with Crippen molar-refractivity contribution in [3.63, 3.8) is 0 Å². The first-order valence-corrected chi connectivity index (χ1v) is 8.22. The topological polar surface area (TPSA) is 68.5 Å². The van der Waals surface area contributed by atoms with Crippen molar-refractivity contribution in [1.29, 1.82) is 0 Å². The van der Waals surface area contributed by atoms with Gasteiger partial charge in [-0.05, 0) is 32.0 Å². The minimum Gasteiger partial charge on any atom is -0.457 e. The number of carbonyl (C=O) groups is 2. The van der Waals surface area contributed by atoms with Crippen LogP contribution in [0.3, 0.4) is 0 Å². The van der Waals surface area contributed by atoms with Crippen LogP contribution in [0, 0.1) is 13.8 Å². The van der Waals surface area contributed by atoms with Crippen molar-refractivity contribution in [1.82, 2.24) is 5.32 Å². The van der Waals surface area contributed by atoms with Crippen LogP contribution >= 0.6 is 11.8 Å². The quantitative estimate of drug-likeness (QED) is 0.479. The summed E-state index contributed by atoms with van der Waals surface area (Å²) in [7, 11) is 0. The van der Waals surface area contributed by atoms with Crippen molar-refractivity contribution in [3.8, 4) is 0 Å². The maximum Gasteiger partial charge on any atom is 0.375 e. The number of thioether (sulfide) groups is 1. The van der Waals surface area contributed by atoms with Crippen molar-refractivity contribution in [2.45, 2.75) is 18.7 Å². The average molecular weight is 333 g/mol. The first-order chi connectivity index (χ1) is 11.1. The molecule has 0 aliphatic carbocycles. The molecule has 0 spiro atoms. The van der Waals surface area contributed by atoms with E-state index in [0.29, 0.717) is 12.1 Å². The Balaban J connectivity index is 1.62. The van der Waals surface area contributed by atoms with E-state index in [0.717, 1.165) is 10.6 Å². The lowest BCUT2D eigenvalue weighted by molar-refractivity contribution is -0.124. The summed E-state index contributed by atoms with van der Waals surface area (Å²) in [6.45, 7) is 3.98. The summed E-state index contributed by atoms with van der Waals surface area (Å²) >= 11 is 1.66. The van der Waals surface area contributed by atoms with Crippen LogP contribution < -0.4 is 5.32 Å². The molecule has 2 rings (SSSR count). The molecule has 6 heteroatoms. The third kappa shape index (κ3) is 5.49. The maximum atomic E-state index is 11.7. The molecule has 0 aliphatic heterocycles. The van der Waals surface area contributed by atoms with E-state index >= 15 is 0 Å². The summed E-state index contributed by atoms with van der Waals surface area (Å²) in [5, 5.41) is 2.71. The Labute approximate surface area is 139 Å². The Kier molecular flexibility index (Phi) is 6.29. The lowest BCUT2D eigenvalue weighted by Crippen LogP contribution is -2.30. The van der Waals surface area contributed by atoms with Gasteiger partial charge in [-0.15, -0.1) is 11.8 Å². The molecular weight excluding hydrogens is 314 g/mol. The van der Waals surface area contributed by atoms with Crippen LogP contribution in [0.25, 0.3) is 0 Å². The number of ether oxygens (including phenoxy) is 1. The number of nitrogens with one attached hydrogen (secondary N) is 1. The maximum absolute atomic E-state index is 11.7. The summed E-state index contributed by atoms with van der Waals surface area (Å²) in [6.07, 6.45) is 1.41. The molecule has 1 aromatic carbocycles. The molecule has 0 radical (unpaired) electrons. The minimum atomic E-state index is -0.628. The molecule has 0 saturated carbocycles. The molecule has 0 unspecified atom stereocenters. The number of amides is 1. The van der Waals surface area contributed by atoms with E-state index in [4.69, 9.17) is 9.15 Å². The summed E-state index contributed by atoms with van der Waals surface area (Å²) in [5.74, 6) is -0.0727. The second kappa shape index (κ2) is 8.43. The average Bonchev–Trinajstić information content (AvgIpc) is 2.97. The van der Waals surface area contributed by atoms with Gasteiger partial charge in [0, 0.05) is 22.8 Å².